The molecule has 1 amide bonds. The Hall–Kier alpha value is -4.13. The number of carbonyl (C=O) groups excluding carboxylic acids is 1. The van der Waals surface area contributed by atoms with Crippen molar-refractivity contribution in [3.63, 3.8) is 0 Å². The zero-order valence-corrected chi connectivity index (χ0v) is 18.2. The van der Waals surface area contributed by atoms with E-state index in [2.05, 4.69) is 29.6 Å². The third-order valence-corrected chi connectivity index (χ3v) is 5.66. The van der Waals surface area contributed by atoms with Gasteiger partial charge in [0, 0.05) is 12.5 Å². The number of nitro benzene ring substituents is 1. The fourth-order valence-corrected chi connectivity index (χ4v) is 4.07. The van der Waals surface area contributed by atoms with Crippen LogP contribution in [-0.2, 0) is 4.74 Å². The number of methoxy groups -OCH3 is 1. The van der Waals surface area contributed by atoms with E-state index in [-0.39, 0.29) is 18.2 Å². The smallest absolute Gasteiger partial charge is 0.407 e. The molecule has 3 aromatic rings. The van der Waals surface area contributed by atoms with Crippen molar-refractivity contribution >= 4 is 17.9 Å². The Balaban J connectivity index is 1.29. The maximum atomic E-state index is 12.2. The van der Waals surface area contributed by atoms with Crippen LogP contribution in [0.3, 0.4) is 0 Å². The van der Waals surface area contributed by atoms with Gasteiger partial charge >= 0.3 is 6.09 Å². The van der Waals surface area contributed by atoms with E-state index in [4.69, 9.17) is 9.47 Å². The fraction of sp³-hybridized carbons (Fsp3) is 0.192. The molecule has 1 aliphatic carbocycles. The predicted octanol–water partition coefficient (Wildman–Crippen LogP) is 5.55. The Labute approximate surface area is 191 Å². The zero-order chi connectivity index (χ0) is 23.2. The van der Waals surface area contributed by atoms with Crippen LogP contribution < -0.4 is 10.1 Å². The van der Waals surface area contributed by atoms with Crippen molar-refractivity contribution in [2.45, 2.75) is 12.3 Å². The lowest BCUT2D eigenvalue weighted by atomic mass is 9.98. The van der Waals surface area contributed by atoms with Gasteiger partial charge in [-0.15, -0.1) is 0 Å². The Morgan fingerprint density at radius 3 is 2.36 bits per heavy atom. The van der Waals surface area contributed by atoms with Gasteiger partial charge in [0.1, 0.15) is 12.4 Å². The molecule has 0 aromatic heterocycles. The minimum absolute atomic E-state index is 0.0127. The summed E-state index contributed by atoms with van der Waals surface area (Å²) in [4.78, 5) is 23.0. The van der Waals surface area contributed by atoms with E-state index >= 15 is 0 Å². The summed E-state index contributed by atoms with van der Waals surface area (Å²) in [6.07, 6.45) is 3.46. The van der Waals surface area contributed by atoms with Crippen LogP contribution >= 0.6 is 0 Å². The summed E-state index contributed by atoms with van der Waals surface area (Å²) in [5, 5.41) is 14.0. The zero-order valence-electron chi connectivity index (χ0n) is 18.2. The van der Waals surface area contributed by atoms with Gasteiger partial charge in [-0.1, -0.05) is 60.7 Å². The molecule has 0 heterocycles. The number of hydrogen-bond acceptors (Lipinski definition) is 5. The first kappa shape index (κ1) is 22.1. The third-order valence-electron chi connectivity index (χ3n) is 5.66. The van der Waals surface area contributed by atoms with Gasteiger partial charge in [-0.2, -0.15) is 0 Å². The Kier molecular flexibility index (Phi) is 6.69. The highest BCUT2D eigenvalue weighted by Crippen LogP contribution is 2.44. The lowest BCUT2D eigenvalue weighted by Crippen LogP contribution is -2.26. The van der Waals surface area contributed by atoms with Crippen LogP contribution in [0.4, 0.5) is 10.5 Å². The molecule has 0 saturated carbocycles. The minimum Gasteiger partial charge on any atom is -0.497 e. The summed E-state index contributed by atoms with van der Waals surface area (Å²) in [5.41, 5.74) is 5.13. The fourth-order valence-electron chi connectivity index (χ4n) is 4.07. The van der Waals surface area contributed by atoms with Gasteiger partial charge in [-0.3, -0.25) is 10.1 Å². The highest BCUT2D eigenvalue weighted by atomic mass is 16.6. The van der Waals surface area contributed by atoms with Gasteiger partial charge in [0.2, 0.25) is 0 Å². The number of nitrogens with one attached hydrogen (secondary N) is 1. The standard InChI is InChI=1S/C26H24N2O5/c1-32-19-14-13-18(25(16-19)28(30)31)8-6-7-15-27-26(29)33-17-24-22-11-4-2-9-20(22)21-10-3-5-12-23(21)24/h2-6,8-14,16,24H,7,15,17H2,1H3,(H,27,29). The quantitative estimate of drug-likeness (QED) is 0.280. The van der Waals surface area contributed by atoms with Crippen molar-refractivity contribution in [3.05, 3.63) is 99.6 Å². The number of carbonyl (C=O) groups is 1. The number of alkyl carbamates (subject to hydrolysis) is 1. The topological polar surface area (TPSA) is 90.7 Å². The number of rotatable bonds is 8. The third kappa shape index (κ3) is 4.87. The van der Waals surface area contributed by atoms with Crippen LogP contribution in [0.1, 0.15) is 29.0 Å². The predicted molar refractivity (Wildman–Crippen MR) is 126 cm³/mol. The van der Waals surface area contributed by atoms with Crippen molar-refractivity contribution in [2.75, 3.05) is 20.3 Å². The van der Waals surface area contributed by atoms with Crippen molar-refractivity contribution in [2.24, 2.45) is 0 Å². The molecule has 4 rings (SSSR count). The van der Waals surface area contributed by atoms with Crippen LogP contribution in [0, 0.1) is 10.1 Å². The number of hydrogen-bond donors (Lipinski definition) is 1. The second-order valence-electron chi connectivity index (χ2n) is 7.63. The Morgan fingerprint density at radius 2 is 1.73 bits per heavy atom. The highest BCUT2D eigenvalue weighted by molar-refractivity contribution is 5.79. The molecule has 33 heavy (non-hydrogen) atoms. The van der Waals surface area contributed by atoms with E-state index in [9.17, 15) is 14.9 Å². The molecule has 0 saturated heterocycles. The van der Waals surface area contributed by atoms with Crippen molar-refractivity contribution < 1.29 is 19.2 Å². The number of ether oxygens (including phenoxy) is 2. The molecular weight excluding hydrogens is 420 g/mol. The van der Waals surface area contributed by atoms with Crippen molar-refractivity contribution in [1.29, 1.82) is 0 Å². The van der Waals surface area contributed by atoms with E-state index in [0.717, 1.165) is 11.1 Å². The molecule has 0 unspecified atom stereocenters. The van der Waals surface area contributed by atoms with Gasteiger partial charge in [0.25, 0.3) is 5.69 Å². The van der Waals surface area contributed by atoms with Crippen molar-refractivity contribution in [1.82, 2.24) is 5.32 Å². The van der Waals surface area contributed by atoms with Crippen LogP contribution in [0.2, 0.25) is 0 Å². The first-order valence-corrected chi connectivity index (χ1v) is 10.7. The van der Waals surface area contributed by atoms with Gasteiger partial charge < -0.3 is 14.8 Å². The number of nitro groups is 1. The molecule has 7 nitrogen and oxygen atoms in total. The summed E-state index contributed by atoms with van der Waals surface area (Å²) < 4.78 is 10.5. The molecule has 0 spiro atoms. The summed E-state index contributed by atoms with van der Waals surface area (Å²) in [5.74, 6) is 0.439. The van der Waals surface area contributed by atoms with Gasteiger partial charge in [-0.05, 0) is 40.8 Å². The Bertz CT molecular complexity index is 1160. The maximum absolute atomic E-state index is 12.2. The minimum atomic E-state index is -0.485. The lowest BCUT2D eigenvalue weighted by molar-refractivity contribution is -0.385. The molecular formula is C26H24N2O5. The first-order chi connectivity index (χ1) is 16.1. The normalized spacial score (nSPS) is 12.3. The summed E-state index contributed by atoms with van der Waals surface area (Å²) in [6, 6.07) is 21.0. The number of benzene rings is 3. The monoisotopic (exact) mass is 444 g/mol. The summed E-state index contributed by atoms with van der Waals surface area (Å²) in [6.45, 7) is 0.616. The van der Waals surface area contributed by atoms with Crippen molar-refractivity contribution in [3.8, 4) is 16.9 Å². The molecule has 0 aliphatic heterocycles. The average Bonchev–Trinajstić information content (AvgIpc) is 3.16. The highest BCUT2D eigenvalue weighted by Gasteiger charge is 2.28. The molecule has 0 fully saturated rings. The van der Waals surface area contributed by atoms with Crippen LogP contribution in [0.5, 0.6) is 5.75 Å². The van der Waals surface area contributed by atoms with Crippen LogP contribution in [0.15, 0.2) is 72.8 Å². The second-order valence-corrected chi connectivity index (χ2v) is 7.63. The van der Waals surface area contributed by atoms with Gasteiger partial charge in [0.15, 0.2) is 0 Å². The van der Waals surface area contributed by atoms with E-state index in [1.54, 1.807) is 24.3 Å². The maximum Gasteiger partial charge on any atom is 0.407 e. The van der Waals surface area contributed by atoms with Crippen LogP contribution in [-0.4, -0.2) is 31.3 Å². The second kappa shape index (κ2) is 9.99. The van der Waals surface area contributed by atoms with Crippen LogP contribution in [0.25, 0.3) is 17.2 Å². The summed E-state index contributed by atoms with van der Waals surface area (Å²) in [7, 11) is 1.46. The molecule has 1 aliphatic rings. The van der Waals surface area contributed by atoms with E-state index < -0.39 is 11.0 Å². The number of nitrogens with zero attached hydrogens (tertiary/aromatic N) is 1. The van der Waals surface area contributed by atoms with Gasteiger partial charge in [-0.25, -0.2) is 4.79 Å². The molecule has 3 aromatic carbocycles. The Morgan fingerprint density at radius 1 is 1.06 bits per heavy atom. The van der Waals surface area contributed by atoms with E-state index in [0.29, 0.717) is 24.3 Å². The molecule has 0 radical (unpaired) electrons. The lowest BCUT2D eigenvalue weighted by Gasteiger charge is -2.14. The van der Waals surface area contributed by atoms with Gasteiger partial charge in [0.05, 0.1) is 23.7 Å². The molecule has 168 valence electrons. The average molecular weight is 444 g/mol. The molecule has 7 heteroatoms. The molecule has 1 N–H and O–H groups in total. The van der Waals surface area contributed by atoms with E-state index in [1.165, 1.54) is 24.3 Å². The van der Waals surface area contributed by atoms with E-state index in [1.807, 2.05) is 24.3 Å². The molecule has 0 atom stereocenters. The number of fused-ring (bicyclic) bond motifs is 3. The molecule has 0 bridgehead atoms. The summed E-state index contributed by atoms with van der Waals surface area (Å²) >= 11 is 0. The first-order valence-electron chi connectivity index (χ1n) is 10.7. The largest absolute Gasteiger partial charge is 0.497 e. The SMILES string of the molecule is COc1ccc(C=CCCNC(=O)OCC2c3ccccc3-c3ccccc32)c([N+](=O)[O-])c1. The number of amides is 1.